The van der Waals surface area contributed by atoms with E-state index < -0.39 is 59.8 Å². The Morgan fingerprint density at radius 2 is 1.76 bits per heavy atom. The van der Waals surface area contributed by atoms with E-state index >= 15 is 4.79 Å². The van der Waals surface area contributed by atoms with Gasteiger partial charge in [0, 0.05) is 17.0 Å². The summed E-state index contributed by atoms with van der Waals surface area (Å²) in [5, 5.41) is 3.68. The number of aliphatic imine (C=N–C) groups is 1. The van der Waals surface area contributed by atoms with Gasteiger partial charge in [0.2, 0.25) is 0 Å². The van der Waals surface area contributed by atoms with E-state index in [-0.39, 0.29) is 47.2 Å². The number of hydrogen-bond acceptors (Lipinski definition) is 7. The molecule has 2 N–H and O–H groups in total. The summed E-state index contributed by atoms with van der Waals surface area (Å²) in [5.74, 6) is -4.95. The first-order valence-corrected chi connectivity index (χ1v) is 19.5. The normalized spacial score (nSPS) is 18.5. The third-order valence-corrected chi connectivity index (χ3v) is 11.7. The molecule has 0 unspecified atom stereocenters. The lowest BCUT2D eigenvalue weighted by molar-refractivity contribution is -0.509. The highest BCUT2D eigenvalue weighted by Gasteiger charge is 2.60. The quantitative estimate of drug-likeness (QED) is 0.0750. The van der Waals surface area contributed by atoms with Crippen LogP contribution in [0.4, 0.5) is 17.6 Å². The first-order valence-electron chi connectivity index (χ1n) is 19.1. The van der Waals surface area contributed by atoms with Crippen LogP contribution in [-0.2, 0) is 19.9 Å². The summed E-state index contributed by atoms with van der Waals surface area (Å²) in [6.07, 6.45) is 7.00. The molecule has 5 heterocycles. The number of benzene rings is 2. The van der Waals surface area contributed by atoms with Crippen LogP contribution in [0.3, 0.4) is 0 Å². The number of aromatic nitrogens is 5. The average Bonchev–Trinajstić information content (AvgIpc) is 3.54. The fraction of sp³-hybridized carbons (Fsp3) is 0.349. The van der Waals surface area contributed by atoms with Crippen molar-refractivity contribution in [2.75, 3.05) is 6.61 Å². The van der Waals surface area contributed by atoms with Crippen LogP contribution in [0, 0.1) is 10.8 Å². The van der Waals surface area contributed by atoms with E-state index in [9.17, 15) is 22.4 Å². The lowest BCUT2D eigenvalue weighted by atomic mass is 9.75. The first-order chi connectivity index (χ1) is 27.9. The number of pyridine rings is 2. The van der Waals surface area contributed by atoms with Crippen molar-refractivity contribution >= 4 is 40.6 Å². The molecule has 8 rings (SSSR count). The maximum Gasteiger partial charge on any atom is 0.335 e. The van der Waals surface area contributed by atoms with Gasteiger partial charge in [-0.05, 0) is 84.2 Å². The van der Waals surface area contributed by atoms with Gasteiger partial charge in [0.05, 0.1) is 29.9 Å². The number of carbonyl (C=O) groups is 2. The number of guanidine groups is 1. The summed E-state index contributed by atoms with van der Waals surface area (Å²) in [7, 11) is 0. The molecule has 0 spiro atoms. The molecular weight excluding hydrogens is 788 g/mol. The number of ether oxygens (including phenoxy) is 1. The Morgan fingerprint density at radius 3 is 2.44 bits per heavy atom. The second-order valence-corrected chi connectivity index (χ2v) is 17.1. The second kappa shape index (κ2) is 14.5. The van der Waals surface area contributed by atoms with Crippen molar-refractivity contribution in [1.29, 1.82) is 0 Å². The lowest BCUT2D eigenvalue weighted by Gasteiger charge is -2.35. The minimum Gasteiger partial charge on any atom is -0.463 e. The Morgan fingerprint density at radius 1 is 1.02 bits per heavy atom. The molecule has 1 aliphatic carbocycles. The molecule has 2 atom stereocenters. The van der Waals surface area contributed by atoms with E-state index in [1.54, 1.807) is 6.07 Å². The van der Waals surface area contributed by atoms with E-state index in [1.807, 2.05) is 92.3 Å². The molecule has 306 valence electrons. The number of amides is 1. The Bertz CT molecular complexity index is 2630. The topological polar surface area (TPSA) is 124 Å². The van der Waals surface area contributed by atoms with Crippen LogP contribution in [0.2, 0.25) is 5.02 Å². The van der Waals surface area contributed by atoms with E-state index in [4.69, 9.17) is 27.1 Å². The first kappa shape index (κ1) is 40.0. The number of carbonyl (C=O) groups excluding carboxylic acids is 2. The van der Waals surface area contributed by atoms with Gasteiger partial charge in [-0.3, -0.25) is 14.5 Å². The van der Waals surface area contributed by atoms with Gasteiger partial charge < -0.3 is 10.5 Å². The van der Waals surface area contributed by atoms with Crippen molar-refractivity contribution in [1.82, 2.24) is 24.1 Å². The molecule has 6 aromatic rings. The number of esters is 1. The highest BCUT2D eigenvalue weighted by molar-refractivity contribution is 6.33. The second-order valence-electron chi connectivity index (χ2n) is 16.7. The number of nitrogens with two attached hydrogens (primary N) is 1. The number of halogens is 5. The molecule has 4 aromatic heterocycles. The van der Waals surface area contributed by atoms with E-state index in [1.165, 1.54) is 17.0 Å². The van der Waals surface area contributed by atoms with Gasteiger partial charge in [0.1, 0.15) is 19.1 Å². The maximum atomic E-state index is 15.2. The molecule has 2 aromatic carbocycles. The average molecular weight is 830 g/mol. The molecule has 59 heavy (non-hydrogen) atoms. The van der Waals surface area contributed by atoms with E-state index in [0.717, 1.165) is 35.5 Å². The van der Waals surface area contributed by atoms with Crippen molar-refractivity contribution in [3.8, 4) is 22.5 Å². The minimum atomic E-state index is -3.11. The molecule has 16 heteroatoms. The number of imidazole rings is 1. The molecule has 0 saturated heterocycles. The Labute approximate surface area is 342 Å². The number of hydrogen-bond donors (Lipinski definition) is 1. The van der Waals surface area contributed by atoms with Gasteiger partial charge in [0.15, 0.2) is 22.8 Å². The summed E-state index contributed by atoms with van der Waals surface area (Å²) < 4.78 is 67.1. The van der Waals surface area contributed by atoms with Gasteiger partial charge in [-0.15, -0.1) is 0 Å². The standard InChI is InChI=1S/C43H42ClF4N8O3/c1-40(2,3)24-43(29-11-8-26(9-12-29)27-14-18-53-22-30-7-5-6-17-54(30)34(53)20-27)37(58)55(39(49)52-43)33(23-59-35(57)21-42(15-16-42)41(4,47)48)28-10-13-32(44)31(19-28)36-50-25-51-56(36)38(45)46/h5-14,17-20,22,25,33,38H,15-16,21,23-24H2,1-4H3,(H2,49,52)/q+1/t33-,43-/m1/s1. The molecule has 1 amide bonds. The molecular formula is C43H42ClF4N8O3+. The predicted octanol–water partition coefficient (Wildman–Crippen LogP) is 8.55. The summed E-state index contributed by atoms with van der Waals surface area (Å²) in [6, 6.07) is 20.8. The summed E-state index contributed by atoms with van der Waals surface area (Å²) in [5.41, 5.74) is 7.95. The minimum absolute atomic E-state index is 0.0553. The van der Waals surface area contributed by atoms with Crippen LogP contribution in [0.15, 0.2) is 103 Å². The van der Waals surface area contributed by atoms with Crippen molar-refractivity contribution in [3.05, 3.63) is 114 Å². The number of nitrogens with zero attached hydrogens (tertiary/aromatic N) is 7. The maximum absolute atomic E-state index is 15.2. The van der Waals surface area contributed by atoms with Crippen molar-refractivity contribution in [2.24, 2.45) is 21.6 Å². The molecule has 0 bridgehead atoms. The number of alkyl halides is 4. The summed E-state index contributed by atoms with van der Waals surface area (Å²) in [6.45, 7) is 3.14. The van der Waals surface area contributed by atoms with Crippen molar-refractivity contribution in [3.63, 3.8) is 0 Å². The highest BCUT2D eigenvalue weighted by atomic mass is 35.5. The molecule has 11 nitrogen and oxygen atoms in total. The molecule has 1 fully saturated rings. The third kappa shape index (κ3) is 7.29. The van der Waals surface area contributed by atoms with Crippen molar-refractivity contribution in [2.45, 2.75) is 77.4 Å². The van der Waals surface area contributed by atoms with Crippen LogP contribution in [0.5, 0.6) is 0 Å². The largest absolute Gasteiger partial charge is 0.463 e. The fourth-order valence-corrected chi connectivity index (χ4v) is 8.36. The predicted molar refractivity (Wildman–Crippen MR) is 213 cm³/mol. The van der Waals surface area contributed by atoms with Gasteiger partial charge >= 0.3 is 12.5 Å². The van der Waals surface area contributed by atoms with Gasteiger partial charge in [-0.1, -0.05) is 68.8 Å². The third-order valence-electron chi connectivity index (χ3n) is 11.3. The lowest BCUT2D eigenvalue weighted by Crippen LogP contribution is -2.47. The highest BCUT2D eigenvalue weighted by Crippen LogP contribution is 2.59. The SMILES string of the molecule is CC(C)(C)C[C@]1(c2ccc(-c3cc[n+]4cc5ccccn5c4c3)cc2)N=C(N)N([C@H](COC(=O)CC2(C(C)(F)F)CC2)c2ccc(Cl)c(-c3ncnn3C(F)F)c2)C1=O. The molecule has 2 aliphatic rings. The van der Waals surface area contributed by atoms with Gasteiger partial charge in [0.25, 0.3) is 17.5 Å². The summed E-state index contributed by atoms with van der Waals surface area (Å²) in [4.78, 5) is 38.6. The Kier molecular flexibility index (Phi) is 9.80. The Hall–Kier alpha value is -5.83. The fourth-order valence-electron chi connectivity index (χ4n) is 8.16. The summed E-state index contributed by atoms with van der Waals surface area (Å²) >= 11 is 6.53. The van der Waals surface area contributed by atoms with Crippen LogP contribution >= 0.6 is 11.6 Å². The van der Waals surface area contributed by atoms with Crippen molar-refractivity contribution < 1.29 is 36.3 Å². The zero-order chi connectivity index (χ0) is 42.1. The molecule has 1 aliphatic heterocycles. The van der Waals surface area contributed by atoms with E-state index in [2.05, 4.69) is 20.5 Å². The smallest absolute Gasteiger partial charge is 0.335 e. The number of fused-ring (bicyclic) bond motifs is 3. The van der Waals surface area contributed by atoms with Crippen LogP contribution < -0.4 is 10.1 Å². The number of rotatable bonds is 12. The molecule has 0 radical (unpaired) electrons. The van der Waals surface area contributed by atoms with Gasteiger partial charge in [-0.2, -0.15) is 23.0 Å². The van der Waals surface area contributed by atoms with Gasteiger partial charge in [-0.25, -0.2) is 23.2 Å². The zero-order valence-corrected chi connectivity index (χ0v) is 33.5. The Balaban J connectivity index is 1.17. The zero-order valence-electron chi connectivity index (χ0n) is 32.8. The van der Waals surface area contributed by atoms with Crippen LogP contribution in [-0.4, -0.2) is 54.4 Å². The molecule has 1 saturated carbocycles. The van der Waals surface area contributed by atoms with E-state index in [0.29, 0.717) is 10.2 Å². The van der Waals surface area contributed by atoms with Crippen LogP contribution in [0.25, 0.3) is 33.7 Å². The monoisotopic (exact) mass is 829 g/mol. The van der Waals surface area contributed by atoms with Crippen LogP contribution in [0.1, 0.15) is 77.1 Å².